The molecule has 0 saturated heterocycles. The zero-order valence-electron chi connectivity index (χ0n) is 6.93. The number of nitrogens with one attached hydrogen (secondary N) is 1. The maximum absolute atomic E-state index is 11.2. The van der Waals surface area contributed by atoms with Crippen LogP contribution in [0, 0.1) is 0 Å². The van der Waals surface area contributed by atoms with Crippen molar-refractivity contribution < 1.29 is 8.42 Å². The maximum atomic E-state index is 11.2. The summed E-state index contributed by atoms with van der Waals surface area (Å²) in [5.41, 5.74) is 0. The Morgan fingerprint density at radius 1 is 1.30 bits per heavy atom. The minimum absolute atomic E-state index is 0.0521. The summed E-state index contributed by atoms with van der Waals surface area (Å²) < 4.78 is 21.7. The first kappa shape index (κ1) is 9.91. The Morgan fingerprint density at radius 3 is 1.80 bits per heavy atom. The predicted molar refractivity (Wildman–Crippen MR) is 42.6 cm³/mol. The third kappa shape index (κ3) is 2.27. The Bertz CT molecular complexity index is 188. The van der Waals surface area contributed by atoms with Crippen molar-refractivity contribution in [1.29, 1.82) is 0 Å². The molecule has 0 spiro atoms. The van der Waals surface area contributed by atoms with E-state index in [4.69, 9.17) is 0 Å². The fraction of sp³-hybridized carbons (Fsp3) is 1.00. The fourth-order valence-corrected chi connectivity index (χ4v) is 1.22. The summed E-state index contributed by atoms with van der Waals surface area (Å²) in [6.45, 7) is 5.08. The molecule has 0 radical (unpaired) electrons. The molecule has 0 rings (SSSR count). The van der Waals surface area contributed by atoms with E-state index in [2.05, 4.69) is 5.32 Å². The van der Waals surface area contributed by atoms with Gasteiger partial charge in [0.2, 0.25) is 0 Å². The highest BCUT2D eigenvalue weighted by Crippen LogP contribution is 2.14. The van der Waals surface area contributed by atoms with Crippen LogP contribution in [0.2, 0.25) is 0 Å². The van der Waals surface area contributed by atoms with Crippen LogP contribution in [0.1, 0.15) is 20.8 Å². The van der Waals surface area contributed by atoms with Gasteiger partial charge in [0.25, 0.3) is 0 Å². The summed E-state index contributed by atoms with van der Waals surface area (Å²) in [5.74, 6) is 0.0521. The first-order valence-electron chi connectivity index (χ1n) is 3.18. The van der Waals surface area contributed by atoms with Crippen molar-refractivity contribution in [2.24, 2.45) is 0 Å². The van der Waals surface area contributed by atoms with Crippen molar-refractivity contribution >= 4 is 9.84 Å². The monoisotopic (exact) mass is 165 g/mol. The van der Waals surface area contributed by atoms with Crippen molar-refractivity contribution in [3.8, 4) is 0 Å². The molecule has 62 valence electrons. The summed E-state index contributed by atoms with van der Waals surface area (Å²) in [7, 11) is -1.33. The van der Waals surface area contributed by atoms with Gasteiger partial charge in [0.15, 0.2) is 9.84 Å². The molecule has 0 amide bonds. The first-order chi connectivity index (χ1) is 4.31. The predicted octanol–water partition coefficient (Wildman–Crippen LogP) is 0.377. The molecular weight excluding hydrogens is 150 g/mol. The second kappa shape index (κ2) is 2.88. The van der Waals surface area contributed by atoms with Crippen LogP contribution < -0.4 is 5.32 Å². The molecule has 0 aliphatic rings. The van der Waals surface area contributed by atoms with Crippen molar-refractivity contribution in [2.45, 2.75) is 25.5 Å². The largest absolute Gasteiger partial charge is 0.307 e. The lowest BCUT2D eigenvalue weighted by Gasteiger charge is -2.18. The highest BCUT2D eigenvalue weighted by Gasteiger charge is 2.27. The molecule has 4 heteroatoms. The van der Waals surface area contributed by atoms with Gasteiger partial charge in [0.05, 0.1) is 10.6 Å². The van der Waals surface area contributed by atoms with Crippen molar-refractivity contribution in [2.75, 3.05) is 12.9 Å². The lowest BCUT2D eigenvalue weighted by Crippen LogP contribution is -2.34. The normalized spacial score (nSPS) is 13.6. The molecule has 0 aromatic heterocycles. The quantitative estimate of drug-likeness (QED) is 0.643. The molecule has 0 aliphatic heterocycles. The van der Waals surface area contributed by atoms with Crippen molar-refractivity contribution in [3.63, 3.8) is 0 Å². The third-order valence-electron chi connectivity index (χ3n) is 1.27. The topological polar surface area (TPSA) is 46.2 Å². The zero-order valence-corrected chi connectivity index (χ0v) is 7.75. The van der Waals surface area contributed by atoms with Crippen LogP contribution in [0.15, 0.2) is 0 Å². The fourth-order valence-electron chi connectivity index (χ4n) is 0.407. The van der Waals surface area contributed by atoms with Gasteiger partial charge in [-0.1, -0.05) is 0 Å². The van der Waals surface area contributed by atoms with Crippen LogP contribution in [0.3, 0.4) is 0 Å². The van der Waals surface area contributed by atoms with E-state index < -0.39 is 14.6 Å². The maximum Gasteiger partial charge on any atom is 0.168 e. The zero-order chi connectivity index (χ0) is 8.41. The molecule has 0 unspecified atom stereocenters. The first-order valence-corrected chi connectivity index (χ1v) is 4.83. The van der Waals surface area contributed by atoms with Gasteiger partial charge in [-0.25, -0.2) is 8.42 Å². The van der Waals surface area contributed by atoms with Crippen molar-refractivity contribution in [3.05, 3.63) is 0 Å². The third-order valence-corrected chi connectivity index (χ3v) is 3.80. The van der Waals surface area contributed by atoms with Gasteiger partial charge >= 0.3 is 0 Å². The molecule has 3 nitrogen and oxygen atoms in total. The van der Waals surface area contributed by atoms with Gasteiger partial charge in [-0.05, 0) is 27.8 Å². The second-order valence-electron chi connectivity index (χ2n) is 3.23. The van der Waals surface area contributed by atoms with E-state index in [1.54, 1.807) is 27.8 Å². The Morgan fingerprint density at radius 2 is 1.70 bits per heavy atom. The lowest BCUT2D eigenvalue weighted by molar-refractivity contribution is 0.556. The summed E-state index contributed by atoms with van der Waals surface area (Å²) in [6, 6.07) is 0. The van der Waals surface area contributed by atoms with Crippen LogP contribution in [0.5, 0.6) is 0 Å². The Labute approximate surface area is 62.7 Å². The molecule has 0 heterocycles. The second-order valence-corrected chi connectivity index (χ2v) is 5.97. The minimum Gasteiger partial charge on any atom is -0.307 e. The van der Waals surface area contributed by atoms with E-state index in [0.717, 1.165) is 0 Å². The van der Waals surface area contributed by atoms with Gasteiger partial charge < -0.3 is 5.32 Å². The number of sulfone groups is 1. The summed E-state index contributed by atoms with van der Waals surface area (Å²) in [5, 5.41) is 2.63. The summed E-state index contributed by atoms with van der Waals surface area (Å²) in [6.07, 6.45) is 0. The Kier molecular flexibility index (Phi) is 2.86. The van der Waals surface area contributed by atoms with E-state index in [9.17, 15) is 8.42 Å². The van der Waals surface area contributed by atoms with Gasteiger partial charge in [0, 0.05) is 0 Å². The highest BCUT2D eigenvalue weighted by molar-refractivity contribution is 7.92. The molecule has 10 heavy (non-hydrogen) atoms. The average molecular weight is 165 g/mol. The average Bonchev–Trinajstić information content (AvgIpc) is 1.61. The summed E-state index contributed by atoms with van der Waals surface area (Å²) >= 11 is 0. The number of rotatable bonds is 2. The SMILES string of the molecule is CNCS(=O)(=O)C(C)(C)C. The van der Waals surface area contributed by atoms with E-state index in [1.165, 1.54) is 0 Å². The van der Waals surface area contributed by atoms with Crippen LogP contribution in [0.4, 0.5) is 0 Å². The molecule has 0 atom stereocenters. The van der Waals surface area contributed by atoms with Gasteiger partial charge in [-0.3, -0.25) is 0 Å². The van der Waals surface area contributed by atoms with Gasteiger partial charge in [-0.15, -0.1) is 0 Å². The van der Waals surface area contributed by atoms with Crippen molar-refractivity contribution in [1.82, 2.24) is 5.32 Å². The van der Waals surface area contributed by atoms with E-state index in [1.807, 2.05) is 0 Å². The standard InChI is InChI=1S/C6H15NO2S/c1-6(2,3)10(8,9)5-7-4/h7H,5H2,1-4H3. The smallest absolute Gasteiger partial charge is 0.168 e. The number of hydrogen-bond donors (Lipinski definition) is 1. The summed E-state index contributed by atoms with van der Waals surface area (Å²) in [4.78, 5) is 0. The molecule has 0 saturated carbocycles. The van der Waals surface area contributed by atoms with Crippen LogP contribution in [-0.4, -0.2) is 26.1 Å². The van der Waals surface area contributed by atoms with E-state index in [0.29, 0.717) is 0 Å². The number of hydrogen-bond acceptors (Lipinski definition) is 3. The van der Waals surface area contributed by atoms with Gasteiger partial charge in [0.1, 0.15) is 0 Å². The molecular formula is C6H15NO2S. The molecule has 0 aromatic rings. The van der Waals surface area contributed by atoms with E-state index >= 15 is 0 Å². The Balaban J connectivity index is 4.44. The van der Waals surface area contributed by atoms with Crippen LogP contribution in [0.25, 0.3) is 0 Å². The molecule has 0 aliphatic carbocycles. The minimum atomic E-state index is -2.96. The van der Waals surface area contributed by atoms with Gasteiger partial charge in [-0.2, -0.15) is 0 Å². The molecule has 1 N–H and O–H groups in total. The highest BCUT2D eigenvalue weighted by atomic mass is 32.2. The van der Waals surface area contributed by atoms with E-state index in [-0.39, 0.29) is 5.88 Å². The van der Waals surface area contributed by atoms with Crippen LogP contribution in [-0.2, 0) is 9.84 Å². The Hall–Kier alpha value is -0.0900. The lowest BCUT2D eigenvalue weighted by atomic mass is 10.3. The van der Waals surface area contributed by atoms with Crippen LogP contribution >= 0.6 is 0 Å². The molecule has 0 fully saturated rings. The molecule has 0 bridgehead atoms. The molecule has 0 aromatic carbocycles.